The summed E-state index contributed by atoms with van der Waals surface area (Å²) in [6.45, 7) is 6.17. The van der Waals surface area contributed by atoms with Crippen LogP contribution in [-0.2, 0) is 0 Å². The van der Waals surface area contributed by atoms with Crippen LogP contribution in [0.1, 0.15) is 24.3 Å². The number of aromatic amines is 1. The Balaban J connectivity index is 1.76. The Hall–Kier alpha value is -2.46. The monoisotopic (exact) mass is 341 g/mol. The van der Waals surface area contributed by atoms with Crippen molar-refractivity contribution in [1.82, 2.24) is 4.98 Å². The summed E-state index contributed by atoms with van der Waals surface area (Å²) < 4.78 is 0. The van der Waals surface area contributed by atoms with Crippen molar-refractivity contribution in [3.63, 3.8) is 0 Å². The Morgan fingerprint density at radius 1 is 1.08 bits per heavy atom. The van der Waals surface area contributed by atoms with Crippen molar-refractivity contribution in [1.29, 1.82) is 0 Å². The van der Waals surface area contributed by atoms with Gasteiger partial charge in [-0.2, -0.15) is 0 Å². The van der Waals surface area contributed by atoms with Crippen LogP contribution in [0.5, 0.6) is 0 Å². The summed E-state index contributed by atoms with van der Waals surface area (Å²) in [6, 6.07) is 15.2. The second-order valence-electron chi connectivity index (χ2n) is 5.59. The molecule has 0 aliphatic carbocycles. The molecule has 4 nitrogen and oxygen atoms in total. The molecule has 0 spiro atoms. The molecule has 0 bridgehead atoms. The zero-order valence-corrected chi connectivity index (χ0v) is 14.5. The molecule has 1 aromatic heterocycles. The van der Waals surface area contributed by atoms with Gasteiger partial charge in [-0.1, -0.05) is 17.7 Å². The Bertz CT molecular complexity index is 851. The first-order chi connectivity index (χ1) is 11.6. The van der Waals surface area contributed by atoms with E-state index in [2.05, 4.69) is 29.0 Å². The molecule has 0 atom stereocenters. The minimum Gasteiger partial charge on any atom is -0.372 e. The van der Waals surface area contributed by atoms with Crippen LogP contribution in [0.4, 0.5) is 11.4 Å². The molecular weight excluding hydrogens is 322 g/mol. The SMILES string of the molecule is CCN(CC)c1ccc(NC(=O)c2cc3ccc(Cl)cc3[nH]2)cc1. The van der Waals surface area contributed by atoms with E-state index in [1.807, 2.05) is 48.5 Å². The van der Waals surface area contributed by atoms with Crippen molar-refractivity contribution < 1.29 is 4.79 Å². The first-order valence-electron chi connectivity index (χ1n) is 8.05. The number of hydrogen-bond donors (Lipinski definition) is 2. The van der Waals surface area contributed by atoms with Gasteiger partial charge in [-0.05, 0) is 56.3 Å². The molecule has 0 saturated carbocycles. The number of benzene rings is 2. The first-order valence-corrected chi connectivity index (χ1v) is 8.43. The average Bonchev–Trinajstić information content (AvgIpc) is 3.00. The molecule has 0 saturated heterocycles. The molecule has 124 valence electrons. The highest BCUT2D eigenvalue weighted by Gasteiger charge is 2.10. The number of anilines is 2. The lowest BCUT2D eigenvalue weighted by molar-refractivity contribution is 0.102. The van der Waals surface area contributed by atoms with Gasteiger partial charge in [-0.25, -0.2) is 0 Å². The number of hydrogen-bond acceptors (Lipinski definition) is 2. The van der Waals surface area contributed by atoms with Gasteiger partial charge < -0.3 is 15.2 Å². The molecular formula is C19H20ClN3O. The summed E-state index contributed by atoms with van der Waals surface area (Å²) in [6.07, 6.45) is 0. The molecule has 3 aromatic rings. The van der Waals surface area contributed by atoms with E-state index in [1.165, 1.54) is 0 Å². The van der Waals surface area contributed by atoms with Gasteiger partial charge >= 0.3 is 0 Å². The van der Waals surface area contributed by atoms with Crippen LogP contribution < -0.4 is 10.2 Å². The third-order valence-corrected chi connectivity index (χ3v) is 4.32. The van der Waals surface area contributed by atoms with Gasteiger partial charge in [0.25, 0.3) is 5.91 Å². The lowest BCUT2D eigenvalue weighted by atomic mass is 10.2. The normalized spacial score (nSPS) is 10.8. The van der Waals surface area contributed by atoms with Crippen LogP contribution in [0.3, 0.4) is 0 Å². The number of halogens is 1. The van der Waals surface area contributed by atoms with E-state index in [0.29, 0.717) is 10.7 Å². The summed E-state index contributed by atoms with van der Waals surface area (Å²) in [7, 11) is 0. The zero-order valence-electron chi connectivity index (χ0n) is 13.8. The summed E-state index contributed by atoms with van der Waals surface area (Å²) >= 11 is 5.98. The van der Waals surface area contributed by atoms with Gasteiger partial charge in [0.1, 0.15) is 5.69 Å². The minimum absolute atomic E-state index is 0.169. The fourth-order valence-electron chi connectivity index (χ4n) is 2.76. The average molecular weight is 342 g/mol. The van der Waals surface area contributed by atoms with E-state index in [9.17, 15) is 4.79 Å². The van der Waals surface area contributed by atoms with E-state index in [4.69, 9.17) is 11.6 Å². The van der Waals surface area contributed by atoms with Gasteiger partial charge in [0.05, 0.1) is 0 Å². The Morgan fingerprint density at radius 2 is 1.79 bits per heavy atom. The Morgan fingerprint density at radius 3 is 2.46 bits per heavy atom. The highest BCUT2D eigenvalue weighted by atomic mass is 35.5. The van der Waals surface area contributed by atoms with Gasteiger partial charge in [-0.15, -0.1) is 0 Å². The molecule has 0 fully saturated rings. The van der Waals surface area contributed by atoms with E-state index in [-0.39, 0.29) is 5.91 Å². The van der Waals surface area contributed by atoms with Crippen molar-refractivity contribution in [3.05, 3.63) is 59.2 Å². The zero-order chi connectivity index (χ0) is 17.1. The third kappa shape index (κ3) is 3.39. The van der Waals surface area contributed by atoms with Crippen molar-refractivity contribution in [3.8, 4) is 0 Å². The van der Waals surface area contributed by atoms with Gasteiger partial charge in [0.2, 0.25) is 0 Å². The second kappa shape index (κ2) is 6.97. The number of nitrogens with one attached hydrogen (secondary N) is 2. The largest absolute Gasteiger partial charge is 0.372 e. The van der Waals surface area contributed by atoms with Crippen LogP contribution in [-0.4, -0.2) is 24.0 Å². The minimum atomic E-state index is -0.169. The first kappa shape index (κ1) is 16.4. The highest BCUT2D eigenvalue weighted by molar-refractivity contribution is 6.31. The maximum atomic E-state index is 12.4. The quantitative estimate of drug-likeness (QED) is 0.692. The van der Waals surface area contributed by atoms with E-state index in [0.717, 1.165) is 35.4 Å². The summed E-state index contributed by atoms with van der Waals surface area (Å²) in [5.74, 6) is -0.169. The number of carbonyl (C=O) groups is 1. The second-order valence-corrected chi connectivity index (χ2v) is 6.02. The van der Waals surface area contributed by atoms with Crippen molar-refractivity contribution in [2.45, 2.75) is 13.8 Å². The number of carbonyl (C=O) groups excluding carboxylic acids is 1. The maximum absolute atomic E-state index is 12.4. The number of rotatable bonds is 5. The fourth-order valence-corrected chi connectivity index (χ4v) is 2.94. The number of H-pyrrole nitrogens is 1. The van der Waals surface area contributed by atoms with Crippen molar-refractivity contribution in [2.24, 2.45) is 0 Å². The molecule has 0 aliphatic rings. The van der Waals surface area contributed by atoms with Crippen LogP contribution in [0.25, 0.3) is 10.9 Å². The van der Waals surface area contributed by atoms with E-state index in [1.54, 1.807) is 0 Å². The smallest absolute Gasteiger partial charge is 0.272 e. The summed E-state index contributed by atoms with van der Waals surface area (Å²) in [5, 5.41) is 4.52. The van der Waals surface area contributed by atoms with Crippen LogP contribution in [0, 0.1) is 0 Å². The molecule has 3 rings (SSSR count). The molecule has 5 heteroatoms. The molecule has 0 aliphatic heterocycles. The molecule has 0 radical (unpaired) electrons. The van der Waals surface area contributed by atoms with Gasteiger partial charge in [0, 0.05) is 40.4 Å². The summed E-state index contributed by atoms with van der Waals surface area (Å²) in [5.41, 5.74) is 3.29. The van der Waals surface area contributed by atoms with Crippen LogP contribution >= 0.6 is 11.6 Å². The predicted octanol–water partition coefficient (Wildman–Crippen LogP) is 4.92. The van der Waals surface area contributed by atoms with Crippen LogP contribution in [0.15, 0.2) is 48.5 Å². The predicted molar refractivity (Wildman–Crippen MR) is 101 cm³/mol. The maximum Gasteiger partial charge on any atom is 0.272 e. The number of amides is 1. The third-order valence-electron chi connectivity index (χ3n) is 4.08. The number of aromatic nitrogens is 1. The molecule has 1 amide bonds. The topological polar surface area (TPSA) is 48.1 Å². The Kier molecular flexibility index (Phi) is 4.76. The lowest BCUT2D eigenvalue weighted by Crippen LogP contribution is -2.21. The molecule has 2 aromatic carbocycles. The summed E-state index contributed by atoms with van der Waals surface area (Å²) in [4.78, 5) is 17.8. The van der Waals surface area contributed by atoms with Gasteiger partial charge in [-0.3, -0.25) is 4.79 Å². The van der Waals surface area contributed by atoms with Gasteiger partial charge in [0.15, 0.2) is 0 Å². The number of nitrogens with zero attached hydrogens (tertiary/aromatic N) is 1. The lowest BCUT2D eigenvalue weighted by Gasteiger charge is -2.21. The fraction of sp³-hybridized carbons (Fsp3) is 0.211. The Labute approximate surface area is 146 Å². The standard InChI is InChI=1S/C19H20ClN3O/c1-3-23(4-2)16-9-7-15(8-10-16)21-19(24)18-11-13-5-6-14(20)12-17(13)22-18/h5-12,22H,3-4H2,1-2H3,(H,21,24). The van der Waals surface area contributed by atoms with E-state index >= 15 is 0 Å². The van der Waals surface area contributed by atoms with E-state index < -0.39 is 0 Å². The van der Waals surface area contributed by atoms with Crippen molar-refractivity contribution >= 4 is 39.8 Å². The van der Waals surface area contributed by atoms with Crippen LogP contribution in [0.2, 0.25) is 5.02 Å². The number of fused-ring (bicyclic) bond motifs is 1. The molecule has 2 N–H and O–H groups in total. The van der Waals surface area contributed by atoms with Crippen molar-refractivity contribution in [2.75, 3.05) is 23.3 Å². The molecule has 24 heavy (non-hydrogen) atoms. The molecule has 0 unspecified atom stereocenters. The molecule has 1 heterocycles. The highest BCUT2D eigenvalue weighted by Crippen LogP contribution is 2.21.